The molecule has 0 aliphatic rings. The Balaban J connectivity index is 2.06. The lowest BCUT2D eigenvalue weighted by molar-refractivity contribution is -0.140. The molecule has 7 nitrogen and oxygen atoms in total. The third-order valence-corrected chi connectivity index (χ3v) is 9.08. The minimum atomic E-state index is -4.16. The topological polar surface area (TPSA) is 86.8 Å². The van der Waals surface area contributed by atoms with Gasteiger partial charge in [-0.1, -0.05) is 79.3 Å². The van der Waals surface area contributed by atoms with Gasteiger partial charge in [-0.2, -0.15) is 0 Å². The molecule has 1 atom stereocenters. The maximum Gasteiger partial charge on any atom is 0.264 e. The third-order valence-electron chi connectivity index (χ3n) is 6.33. The summed E-state index contributed by atoms with van der Waals surface area (Å²) >= 11 is 18.9. The van der Waals surface area contributed by atoms with E-state index >= 15 is 0 Å². The summed E-state index contributed by atoms with van der Waals surface area (Å²) in [5, 5.41) is 3.96. The molecule has 3 rings (SSSR count). The smallest absolute Gasteiger partial charge is 0.264 e. The van der Waals surface area contributed by atoms with Gasteiger partial charge in [0.1, 0.15) is 12.6 Å². The van der Waals surface area contributed by atoms with E-state index in [4.69, 9.17) is 34.8 Å². The van der Waals surface area contributed by atoms with Crippen molar-refractivity contribution in [3.8, 4) is 0 Å². The average molecular weight is 625 g/mol. The number of carbonyl (C=O) groups excluding carboxylic acids is 2. The first kappa shape index (κ1) is 31.7. The van der Waals surface area contributed by atoms with Crippen LogP contribution in [0.2, 0.25) is 15.1 Å². The van der Waals surface area contributed by atoms with Crippen LogP contribution in [0.25, 0.3) is 0 Å². The highest BCUT2D eigenvalue weighted by Crippen LogP contribution is 2.29. The van der Waals surface area contributed by atoms with Gasteiger partial charge in [0, 0.05) is 33.7 Å². The zero-order valence-electron chi connectivity index (χ0n) is 22.3. The number of halogens is 3. The first-order valence-electron chi connectivity index (χ1n) is 12.9. The molecule has 1 unspecified atom stereocenters. The molecule has 40 heavy (non-hydrogen) atoms. The monoisotopic (exact) mass is 623 g/mol. The second-order valence-electron chi connectivity index (χ2n) is 9.09. The number of sulfonamides is 1. The van der Waals surface area contributed by atoms with Gasteiger partial charge in [0.15, 0.2) is 0 Å². The fourth-order valence-corrected chi connectivity index (χ4v) is 6.21. The van der Waals surface area contributed by atoms with E-state index in [1.807, 2.05) is 6.92 Å². The van der Waals surface area contributed by atoms with Crippen molar-refractivity contribution < 1.29 is 18.0 Å². The summed E-state index contributed by atoms with van der Waals surface area (Å²) in [7, 11) is -4.16. The summed E-state index contributed by atoms with van der Waals surface area (Å²) in [4.78, 5) is 28.7. The Morgan fingerprint density at radius 2 is 1.50 bits per heavy atom. The quantitative estimate of drug-likeness (QED) is 0.218. The minimum Gasteiger partial charge on any atom is -0.354 e. The Bertz CT molecular complexity index is 1380. The summed E-state index contributed by atoms with van der Waals surface area (Å²) in [6.07, 6.45) is 1.96. The summed E-state index contributed by atoms with van der Waals surface area (Å²) < 4.78 is 28.6. The molecule has 3 aromatic carbocycles. The van der Waals surface area contributed by atoms with Crippen molar-refractivity contribution in [1.82, 2.24) is 10.2 Å². The minimum absolute atomic E-state index is 0.0165. The molecule has 0 bridgehead atoms. The molecule has 0 radical (unpaired) electrons. The van der Waals surface area contributed by atoms with E-state index in [2.05, 4.69) is 5.32 Å². The highest BCUT2D eigenvalue weighted by Gasteiger charge is 2.34. The molecule has 0 saturated carbocycles. The lowest BCUT2D eigenvalue weighted by atomic mass is 10.1. The second-order valence-corrected chi connectivity index (χ2v) is 12.2. The Labute approximate surface area is 251 Å². The number of nitrogens with zero attached hydrogens (tertiary/aromatic N) is 2. The molecule has 1 N–H and O–H groups in total. The van der Waals surface area contributed by atoms with Crippen molar-refractivity contribution >= 4 is 62.3 Å². The largest absolute Gasteiger partial charge is 0.354 e. The molecule has 3 aromatic rings. The zero-order chi connectivity index (χ0) is 29.3. The van der Waals surface area contributed by atoms with Crippen LogP contribution >= 0.6 is 34.8 Å². The molecule has 0 heterocycles. The number of hydrogen-bond acceptors (Lipinski definition) is 4. The molecule has 0 spiro atoms. The molecule has 0 aliphatic heterocycles. The predicted octanol–water partition coefficient (Wildman–Crippen LogP) is 6.57. The van der Waals surface area contributed by atoms with Crippen molar-refractivity contribution in [2.45, 2.75) is 50.6 Å². The molecule has 2 amide bonds. The summed E-state index contributed by atoms with van der Waals surface area (Å²) in [5.41, 5.74) is 0.709. The van der Waals surface area contributed by atoms with Gasteiger partial charge in [-0.05, 0) is 61.4 Å². The maximum absolute atomic E-state index is 14.1. The maximum atomic E-state index is 14.1. The van der Waals surface area contributed by atoms with E-state index < -0.39 is 28.5 Å². The van der Waals surface area contributed by atoms with Crippen molar-refractivity contribution in [1.29, 1.82) is 0 Å². The number of carbonyl (C=O) groups is 2. The molecule has 0 saturated heterocycles. The fourth-order valence-electron chi connectivity index (χ4n) is 4.14. The van der Waals surface area contributed by atoms with Gasteiger partial charge < -0.3 is 10.2 Å². The van der Waals surface area contributed by atoms with Crippen LogP contribution in [-0.4, -0.2) is 44.3 Å². The van der Waals surface area contributed by atoms with Crippen molar-refractivity contribution in [2.24, 2.45) is 0 Å². The number of unbranched alkanes of at least 4 members (excludes halogenated alkanes) is 1. The molecule has 214 valence electrons. The number of benzene rings is 3. The van der Waals surface area contributed by atoms with Crippen LogP contribution in [0.5, 0.6) is 0 Å². The van der Waals surface area contributed by atoms with Crippen LogP contribution in [0.15, 0.2) is 77.7 Å². The van der Waals surface area contributed by atoms with Crippen molar-refractivity contribution in [3.63, 3.8) is 0 Å². The molecule has 0 fully saturated rings. The van der Waals surface area contributed by atoms with E-state index in [1.54, 1.807) is 55.5 Å². The molecular formula is C29H32Cl3N3O4S. The number of amides is 2. The van der Waals surface area contributed by atoms with Crippen molar-refractivity contribution in [3.05, 3.63) is 93.4 Å². The van der Waals surface area contributed by atoms with E-state index in [0.717, 1.165) is 17.1 Å². The highest BCUT2D eigenvalue weighted by atomic mass is 35.5. The third kappa shape index (κ3) is 7.91. The first-order chi connectivity index (χ1) is 19.1. The van der Waals surface area contributed by atoms with Gasteiger partial charge in [-0.3, -0.25) is 13.9 Å². The molecule has 0 aliphatic carbocycles. The van der Waals surface area contributed by atoms with Gasteiger partial charge in [0.25, 0.3) is 10.0 Å². The second kappa shape index (κ2) is 14.7. The van der Waals surface area contributed by atoms with Crippen LogP contribution in [0.3, 0.4) is 0 Å². The van der Waals surface area contributed by atoms with Crippen molar-refractivity contribution in [2.75, 3.05) is 17.4 Å². The van der Waals surface area contributed by atoms with E-state index in [1.165, 1.54) is 29.2 Å². The zero-order valence-corrected chi connectivity index (χ0v) is 25.4. The first-order valence-corrected chi connectivity index (χ1v) is 15.5. The average Bonchev–Trinajstić information content (AvgIpc) is 2.94. The Hall–Kier alpha value is -2.78. The summed E-state index contributed by atoms with van der Waals surface area (Å²) in [5.74, 6) is -0.931. The van der Waals surface area contributed by atoms with Gasteiger partial charge in [-0.25, -0.2) is 8.42 Å². The van der Waals surface area contributed by atoms with Gasteiger partial charge >= 0.3 is 0 Å². The van der Waals surface area contributed by atoms with Crippen LogP contribution in [0.1, 0.15) is 38.7 Å². The normalized spacial score (nSPS) is 12.0. The Morgan fingerprint density at radius 3 is 2.08 bits per heavy atom. The van der Waals surface area contributed by atoms with Crippen LogP contribution < -0.4 is 9.62 Å². The number of rotatable bonds is 13. The van der Waals surface area contributed by atoms with Crippen LogP contribution in [0, 0.1) is 0 Å². The lowest BCUT2D eigenvalue weighted by Crippen LogP contribution is -2.52. The predicted molar refractivity (Wildman–Crippen MR) is 161 cm³/mol. The van der Waals surface area contributed by atoms with Crippen LogP contribution in [0.4, 0.5) is 5.69 Å². The molecule has 11 heteroatoms. The summed E-state index contributed by atoms with van der Waals surface area (Å²) in [6, 6.07) is 18.1. The van der Waals surface area contributed by atoms with Gasteiger partial charge in [0.2, 0.25) is 11.8 Å². The Morgan fingerprint density at radius 1 is 0.875 bits per heavy atom. The molecular weight excluding hydrogens is 593 g/mol. The SMILES string of the molecule is CCCCNC(=O)C(CC)N(Cc1c(Cl)cccc1Cl)C(=O)CN(c1ccc(Cl)cc1)S(=O)(=O)c1ccccc1. The van der Waals surface area contributed by atoms with Gasteiger partial charge in [-0.15, -0.1) is 0 Å². The molecule has 0 aromatic heterocycles. The highest BCUT2D eigenvalue weighted by molar-refractivity contribution is 7.92. The number of anilines is 1. The number of hydrogen-bond donors (Lipinski definition) is 1. The van der Waals surface area contributed by atoms with Gasteiger partial charge in [0.05, 0.1) is 10.6 Å². The van der Waals surface area contributed by atoms with E-state index in [0.29, 0.717) is 27.2 Å². The fraction of sp³-hybridized carbons (Fsp3) is 0.310. The van der Waals surface area contributed by atoms with E-state index in [-0.39, 0.29) is 29.5 Å². The standard InChI is InChI=1S/C29H32Cl3N3O4S/c1-3-5-18-33-29(37)27(4-2)34(19-24-25(31)12-9-13-26(24)32)28(36)20-35(22-16-14-21(30)15-17-22)40(38,39)23-10-7-6-8-11-23/h6-17,27H,3-5,18-20H2,1-2H3,(H,33,37). The van der Waals surface area contributed by atoms with E-state index in [9.17, 15) is 18.0 Å². The van der Waals surface area contributed by atoms with Crippen LogP contribution in [-0.2, 0) is 26.2 Å². The number of nitrogens with one attached hydrogen (secondary N) is 1. The Kier molecular flexibility index (Phi) is 11.7. The summed E-state index contributed by atoms with van der Waals surface area (Å²) in [6.45, 7) is 3.60. The lowest BCUT2D eigenvalue weighted by Gasteiger charge is -2.33.